The molecule has 0 saturated carbocycles. The van der Waals surface area contributed by atoms with Gasteiger partial charge in [-0.1, -0.05) is 12.1 Å². The smallest absolute Gasteiger partial charge is 0.356 e. The van der Waals surface area contributed by atoms with Crippen LogP contribution in [0.15, 0.2) is 41.4 Å². The van der Waals surface area contributed by atoms with Gasteiger partial charge in [0.1, 0.15) is 10.6 Å². The summed E-state index contributed by atoms with van der Waals surface area (Å²) in [4.78, 5) is 14.8. The molecule has 2 aromatic rings. The highest BCUT2D eigenvalue weighted by molar-refractivity contribution is 7.89. The number of hydrogen-bond donors (Lipinski definition) is 2. The fourth-order valence-corrected chi connectivity index (χ4v) is 4.38. The summed E-state index contributed by atoms with van der Waals surface area (Å²) in [6, 6.07) is 5.87. The number of carbonyl (C=O) groups is 1. The number of nitrogens with one attached hydrogen (secondary N) is 2. The van der Waals surface area contributed by atoms with E-state index >= 15 is 0 Å². The fourth-order valence-electron chi connectivity index (χ4n) is 2.87. The Labute approximate surface area is 154 Å². The number of aromatic amines is 1. The molecule has 0 atom stereocenters. The highest BCUT2D eigenvalue weighted by Crippen LogP contribution is 2.29. The Morgan fingerprint density at radius 1 is 1.19 bits per heavy atom. The highest BCUT2D eigenvalue weighted by Gasteiger charge is 2.30. The first kappa shape index (κ1) is 19.4. The van der Waals surface area contributed by atoms with Gasteiger partial charge in [-0.3, -0.25) is 4.79 Å². The van der Waals surface area contributed by atoms with Crippen molar-refractivity contribution in [2.75, 3.05) is 13.1 Å². The van der Waals surface area contributed by atoms with Gasteiger partial charge in [0.2, 0.25) is 10.0 Å². The second-order valence-electron chi connectivity index (χ2n) is 6.24. The molecule has 0 bridgehead atoms. The number of H-pyrrole nitrogens is 1. The lowest BCUT2D eigenvalue weighted by Crippen LogP contribution is -2.27. The third-order valence-electron chi connectivity index (χ3n) is 4.31. The number of rotatable bonds is 5. The molecule has 0 aliphatic carbocycles. The number of sulfonamides is 1. The molecule has 1 saturated heterocycles. The van der Waals surface area contributed by atoms with Gasteiger partial charge in [-0.15, -0.1) is 0 Å². The van der Waals surface area contributed by atoms with Gasteiger partial charge in [0, 0.05) is 25.8 Å². The average Bonchev–Trinajstić information content (AvgIpc) is 3.31. The third kappa shape index (κ3) is 4.33. The number of hydrogen-bond acceptors (Lipinski definition) is 3. The minimum absolute atomic E-state index is 0.00591. The first-order chi connectivity index (χ1) is 12.7. The maximum absolute atomic E-state index is 12.7. The normalized spacial score (nSPS) is 15.8. The Hall–Kier alpha value is -2.33. The molecule has 2 N–H and O–H groups in total. The number of aromatic nitrogens is 1. The van der Waals surface area contributed by atoms with E-state index in [9.17, 15) is 26.4 Å². The van der Waals surface area contributed by atoms with E-state index in [-0.39, 0.29) is 22.7 Å². The van der Waals surface area contributed by atoms with E-state index in [4.69, 9.17) is 0 Å². The summed E-state index contributed by atoms with van der Waals surface area (Å²) in [5.41, 5.74) is -0.484. The first-order valence-electron chi connectivity index (χ1n) is 8.31. The fraction of sp³-hybridized carbons (Fsp3) is 0.353. The van der Waals surface area contributed by atoms with E-state index in [1.807, 2.05) is 0 Å². The van der Waals surface area contributed by atoms with Crippen molar-refractivity contribution in [2.24, 2.45) is 0 Å². The van der Waals surface area contributed by atoms with E-state index in [1.54, 1.807) is 0 Å². The third-order valence-corrected chi connectivity index (χ3v) is 6.19. The Kier molecular flexibility index (Phi) is 5.29. The van der Waals surface area contributed by atoms with Crippen molar-refractivity contribution in [3.05, 3.63) is 53.3 Å². The van der Waals surface area contributed by atoms with Gasteiger partial charge >= 0.3 is 6.18 Å². The van der Waals surface area contributed by atoms with Crippen LogP contribution in [0, 0.1) is 0 Å². The van der Waals surface area contributed by atoms with Crippen molar-refractivity contribution in [3.63, 3.8) is 0 Å². The molecule has 3 rings (SSSR count). The summed E-state index contributed by atoms with van der Waals surface area (Å²) in [7, 11) is -3.64. The molecule has 1 fully saturated rings. The first-order valence-corrected chi connectivity index (χ1v) is 9.75. The van der Waals surface area contributed by atoms with Crippen LogP contribution < -0.4 is 5.32 Å². The van der Waals surface area contributed by atoms with Crippen molar-refractivity contribution >= 4 is 15.9 Å². The summed E-state index contributed by atoms with van der Waals surface area (Å²) in [6.45, 7) is 0.783. The highest BCUT2D eigenvalue weighted by atomic mass is 32.2. The van der Waals surface area contributed by atoms with Crippen LogP contribution in [0.1, 0.15) is 34.5 Å². The van der Waals surface area contributed by atoms with Gasteiger partial charge in [0.25, 0.3) is 5.91 Å². The summed E-state index contributed by atoms with van der Waals surface area (Å²) >= 11 is 0. The zero-order valence-corrected chi connectivity index (χ0v) is 15.0. The maximum Gasteiger partial charge on any atom is 0.416 e. The van der Waals surface area contributed by atoms with Crippen LogP contribution in [0.3, 0.4) is 0 Å². The summed E-state index contributed by atoms with van der Waals surface area (Å²) < 4.78 is 64.4. The molecule has 0 spiro atoms. The standard InChI is InChI=1S/C17H18F3N3O3S/c18-17(19,20)13-5-3-4-12(8-13)10-22-16(24)15-9-14(11-21-15)27(25,26)23-6-1-2-7-23/h3-5,8-9,11,21H,1-2,6-7,10H2,(H,22,24). The largest absolute Gasteiger partial charge is 0.416 e. The van der Waals surface area contributed by atoms with Crippen molar-refractivity contribution < 1.29 is 26.4 Å². The van der Waals surface area contributed by atoms with Crippen molar-refractivity contribution in [1.29, 1.82) is 0 Å². The number of alkyl halides is 3. The molecule has 1 aromatic carbocycles. The number of halogens is 3. The molecular formula is C17H18F3N3O3S. The van der Waals surface area contributed by atoms with Gasteiger partial charge in [-0.25, -0.2) is 8.42 Å². The summed E-state index contributed by atoms with van der Waals surface area (Å²) in [5, 5.41) is 2.48. The molecule has 10 heteroatoms. The SMILES string of the molecule is O=C(NCc1cccc(C(F)(F)F)c1)c1cc(S(=O)(=O)N2CCCC2)c[nH]1. The number of benzene rings is 1. The molecule has 0 unspecified atom stereocenters. The molecule has 1 aromatic heterocycles. The van der Waals surface area contributed by atoms with Gasteiger partial charge in [0.15, 0.2) is 0 Å². The molecule has 146 valence electrons. The van der Waals surface area contributed by atoms with Crippen LogP contribution in [0.5, 0.6) is 0 Å². The average molecular weight is 401 g/mol. The van der Waals surface area contributed by atoms with E-state index in [1.165, 1.54) is 28.7 Å². The zero-order chi connectivity index (χ0) is 19.7. The van der Waals surface area contributed by atoms with Crippen molar-refractivity contribution in [2.45, 2.75) is 30.5 Å². The van der Waals surface area contributed by atoms with Gasteiger partial charge in [0.05, 0.1) is 5.56 Å². The molecule has 1 aliphatic rings. The van der Waals surface area contributed by atoms with E-state index in [0.29, 0.717) is 13.1 Å². The van der Waals surface area contributed by atoms with Gasteiger partial charge in [-0.2, -0.15) is 17.5 Å². The van der Waals surface area contributed by atoms with Crippen LogP contribution in [0.25, 0.3) is 0 Å². The summed E-state index contributed by atoms with van der Waals surface area (Å²) in [5.74, 6) is -0.602. The predicted molar refractivity (Wildman–Crippen MR) is 91.4 cm³/mol. The monoisotopic (exact) mass is 401 g/mol. The summed E-state index contributed by atoms with van der Waals surface area (Å²) in [6.07, 6.45) is -1.62. The Morgan fingerprint density at radius 3 is 2.56 bits per heavy atom. The Balaban J connectivity index is 1.67. The molecule has 2 heterocycles. The lowest BCUT2D eigenvalue weighted by atomic mass is 10.1. The lowest BCUT2D eigenvalue weighted by Gasteiger charge is -2.13. The van der Waals surface area contributed by atoms with Crippen LogP contribution in [0.4, 0.5) is 13.2 Å². The Bertz CT molecular complexity index is 932. The van der Waals surface area contributed by atoms with E-state index in [0.717, 1.165) is 25.0 Å². The molecule has 6 nitrogen and oxygen atoms in total. The zero-order valence-electron chi connectivity index (χ0n) is 14.2. The van der Waals surface area contributed by atoms with Crippen LogP contribution >= 0.6 is 0 Å². The van der Waals surface area contributed by atoms with Crippen molar-refractivity contribution in [1.82, 2.24) is 14.6 Å². The topological polar surface area (TPSA) is 82.3 Å². The van der Waals surface area contributed by atoms with E-state index in [2.05, 4.69) is 10.3 Å². The minimum atomic E-state index is -4.46. The Morgan fingerprint density at radius 2 is 1.89 bits per heavy atom. The second kappa shape index (κ2) is 7.35. The lowest BCUT2D eigenvalue weighted by molar-refractivity contribution is -0.137. The maximum atomic E-state index is 12.7. The molecule has 1 amide bonds. The number of amides is 1. The predicted octanol–water partition coefficient (Wildman–Crippen LogP) is 2.75. The van der Waals surface area contributed by atoms with Crippen LogP contribution in [0.2, 0.25) is 0 Å². The van der Waals surface area contributed by atoms with Crippen LogP contribution in [-0.2, 0) is 22.7 Å². The van der Waals surface area contributed by atoms with Gasteiger partial charge < -0.3 is 10.3 Å². The molecule has 27 heavy (non-hydrogen) atoms. The van der Waals surface area contributed by atoms with Gasteiger partial charge in [-0.05, 0) is 36.6 Å². The van der Waals surface area contributed by atoms with Crippen LogP contribution in [-0.4, -0.2) is 36.7 Å². The molecule has 1 aliphatic heterocycles. The van der Waals surface area contributed by atoms with E-state index < -0.39 is 27.7 Å². The quantitative estimate of drug-likeness (QED) is 0.808. The minimum Gasteiger partial charge on any atom is -0.356 e. The van der Waals surface area contributed by atoms with Crippen molar-refractivity contribution in [3.8, 4) is 0 Å². The molecular weight excluding hydrogens is 383 g/mol. The molecule has 0 radical (unpaired) electrons. The second-order valence-corrected chi connectivity index (χ2v) is 8.18. The number of carbonyl (C=O) groups excluding carboxylic acids is 1. The number of nitrogens with zero attached hydrogens (tertiary/aromatic N) is 1.